The molecule has 0 heterocycles. The Bertz CT molecular complexity index is 502. The first-order valence-corrected chi connectivity index (χ1v) is 5.49. The maximum atomic E-state index is 11.7. The van der Waals surface area contributed by atoms with Crippen LogP contribution in [0.3, 0.4) is 0 Å². The predicted molar refractivity (Wildman–Crippen MR) is 68.6 cm³/mol. The van der Waals surface area contributed by atoms with Gasteiger partial charge in [-0.2, -0.15) is 0 Å². The fourth-order valence-corrected chi connectivity index (χ4v) is 1.37. The number of hydrogen-bond acceptors (Lipinski definition) is 4. The number of amides is 3. The van der Waals surface area contributed by atoms with Gasteiger partial charge < -0.3 is 21.1 Å². The Labute approximate surface area is 110 Å². The molecule has 19 heavy (non-hydrogen) atoms. The maximum Gasteiger partial charge on any atom is 0.337 e. The third-order valence-corrected chi connectivity index (χ3v) is 2.30. The highest BCUT2D eigenvalue weighted by molar-refractivity contribution is 5.98. The summed E-state index contributed by atoms with van der Waals surface area (Å²) in [6, 6.07) is 4.69. The molecule has 1 aromatic carbocycles. The van der Waals surface area contributed by atoms with Gasteiger partial charge in [0.1, 0.15) is 6.04 Å². The van der Waals surface area contributed by atoms with E-state index in [-0.39, 0.29) is 0 Å². The van der Waals surface area contributed by atoms with Gasteiger partial charge in [-0.25, -0.2) is 9.59 Å². The van der Waals surface area contributed by atoms with E-state index in [0.717, 1.165) is 0 Å². The lowest BCUT2D eigenvalue weighted by molar-refractivity contribution is -0.117. The van der Waals surface area contributed by atoms with Gasteiger partial charge in [0.25, 0.3) is 0 Å². The van der Waals surface area contributed by atoms with Crippen LogP contribution in [0.25, 0.3) is 0 Å². The molecule has 4 N–H and O–H groups in total. The summed E-state index contributed by atoms with van der Waals surface area (Å²) < 4.78 is 4.57. The van der Waals surface area contributed by atoms with Gasteiger partial charge in [-0.15, -0.1) is 0 Å². The molecule has 0 bridgehead atoms. The smallest absolute Gasteiger partial charge is 0.337 e. The van der Waals surface area contributed by atoms with Gasteiger partial charge in [0.15, 0.2) is 0 Å². The van der Waals surface area contributed by atoms with Gasteiger partial charge in [0.05, 0.1) is 12.7 Å². The monoisotopic (exact) mass is 265 g/mol. The van der Waals surface area contributed by atoms with Crippen LogP contribution in [-0.2, 0) is 9.53 Å². The molecule has 0 aliphatic rings. The molecule has 0 unspecified atom stereocenters. The van der Waals surface area contributed by atoms with Crippen LogP contribution in [0.1, 0.15) is 17.3 Å². The number of nitrogens with one attached hydrogen (secondary N) is 2. The van der Waals surface area contributed by atoms with E-state index in [1.807, 2.05) is 0 Å². The summed E-state index contributed by atoms with van der Waals surface area (Å²) in [6.45, 7) is 1.49. The van der Waals surface area contributed by atoms with Crippen LogP contribution in [0, 0.1) is 0 Å². The van der Waals surface area contributed by atoms with E-state index < -0.39 is 23.9 Å². The second-order valence-corrected chi connectivity index (χ2v) is 3.79. The van der Waals surface area contributed by atoms with E-state index in [2.05, 4.69) is 15.4 Å². The van der Waals surface area contributed by atoms with Crippen molar-refractivity contribution >= 4 is 23.6 Å². The van der Waals surface area contributed by atoms with Gasteiger partial charge in [-0.1, -0.05) is 6.07 Å². The van der Waals surface area contributed by atoms with Crippen molar-refractivity contribution in [2.75, 3.05) is 12.4 Å². The molecule has 1 atom stereocenters. The summed E-state index contributed by atoms with van der Waals surface area (Å²) in [4.78, 5) is 33.6. The van der Waals surface area contributed by atoms with Crippen LogP contribution in [-0.4, -0.2) is 31.1 Å². The summed E-state index contributed by atoms with van der Waals surface area (Å²) in [6.07, 6.45) is 0. The zero-order chi connectivity index (χ0) is 14.4. The topological polar surface area (TPSA) is 111 Å². The van der Waals surface area contributed by atoms with Crippen molar-refractivity contribution in [1.82, 2.24) is 5.32 Å². The fraction of sp³-hybridized carbons (Fsp3) is 0.250. The third kappa shape index (κ3) is 4.30. The molecule has 0 saturated carbocycles. The first-order chi connectivity index (χ1) is 8.93. The number of primary amides is 1. The van der Waals surface area contributed by atoms with E-state index in [0.29, 0.717) is 11.3 Å². The quantitative estimate of drug-likeness (QED) is 0.687. The third-order valence-electron chi connectivity index (χ3n) is 2.30. The zero-order valence-electron chi connectivity index (χ0n) is 10.6. The maximum absolute atomic E-state index is 11.7. The Balaban J connectivity index is 2.74. The highest BCUT2D eigenvalue weighted by Gasteiger charge is 2.14. The van der Waals surface area contributed by atoms with Crippen LogP contribution < -0.4 is 16.4 Å². The van der Waals surface area contributed by atoms with Crippen molar-refractivity contribution < 1.29 is 19.1 Å². The number of benzene rings is 1. The zero-order valence-corrected chi connectivity index (χ0v) is 10.6. The summed E-state index contributed by atoms with van der Waals surface area (Å²) in [5.41, 5.74) is 5.65. The van der Waals surface area contributed by atoms with Crippen LogP contribution in [0.5, 0.6) is 0 Å². The number of ether oxygens (including phenoxy) is 1. The first kappa shape index (κ1) is 14.5. The number of carbonyl (C=O) groups is 3. The largest absolute Gasteiger partial charge is 0.465 e. The Morgan fingerprint density at radius 2 is 2.00 bits per heavy atom. The number of esters is 1. The van der Waals surface area contributed by atoms with Crippen molar-refractivity contribution in [2.24, 2.45) is 5.73 Å². The molecule has 0 aromatic heterocycles. The molecule has 0 radical (unpaired) electrons. The van der Waals surface area contributed by atoms with Gasteiger partial charge in [-0.3, -0.25) is 4.79 Å². The van der Waals surface area contributed by atoms with Crippen LogP contribution in [0.15, 0.2) is 24.3 Å². The van der Waals surface area contributed by atoms with Gasteiger partial charge in [0, 0.05) is 5.69 Å². The lowest BCUT2D eigenvalue weighted by Gasteiger charge is -2.12. The molecule has 0 aliphatic carbocycles. The highest BCUT2D eigenvalue weighted by Crippen LogP contribution is 2.11. The molecular formula is C12H15N3O4. The lowest BCUT2D eigenvalue weighted by atomic mass is 10.2. The molecule has 1 aromatic rings. The van der Waals surface area contributed by atoms with E-state index in [4.69, 9.17) is 5.73 Å². The number of methoxy groups -OCH3 is 1. The molecule has 102 valence electrons. The van der Waals surface area contributed by atoms with Crippen LogP contribution >= 0.6 is 0 Å². The minimum atomic E-state index is -0.786. The van der Waals surface area contributed by atoms with E-state index in [1.165, 1.54) is 20.1 Å². The summed E-state index contributed by atoms with van der Waals surface area (Å²) in [5.74, 6) is -0.944. The second kappa shape index (κ2) is 6.39. The number of hydrogen-bond donors (Lipinski definition) is 3. The van der Waals surface area contributed by atoms with Crippen molar-refractivity contribution in [1.29, 1.82) is 0 Å². The van der Waals surface area contributed by atoms with E-state index in [9.17, 15) is 14.4 Å². The fourth-order valence-electron chi connectivity index (χ4n) is 1.37. The Morgan fingerprint density at radius 1 is 1.32 bits per heavy atom. The second-order valence-electron chi connectivity index (χ2n) is 3.79. The average molecular weight is 265 g/mol. The van der Waals surface area contributed by atoms with E-state index in [1.54, 1.807) is 18.2 Å². The standard InChI is InChI=1S/C12H15N3O4/c1-7(14-12(13)18)10(16)15-9-5-3-4-8(6-9)11(17)19-2/h3-7H,1-2H3,(H,15,16)(H3,13,14,18)/t7-/m1/s1. The van der Waals surface area contributed by atoms with Crippen molar-refractivity contribution in [3.05, 3.63) is 29.8 Å². The molecule has 0 spiro atoms. The van der Waals surface area contributed by atoms with Gasteiger partial charge in [-0.05, 0) is 25.1 Å². The van der Waals surface area contributed by atoms with Crippen LogP contribution in [0.4, 0.5) is 10.5 Å². The minimum Gasteiger partial charge on any atom is -0.465 e. The molecule has 3 amide bonds. The predicted octanol–water partition coefficient (Wildman–Crippen LogP) is 0.469. The van der Waals surface area contributed by atoms with E-state index >= 15 is 0 Å². The SMILES string of the molecule is COC(=O)c1cccc(NC(=O)[C@@H](C)NC(N)=O)c1. The number of rotatable bonds is 4. The summed E-state index contributed by atoms with van der Waals surface area (Å²) in [5, 5.41) is 4.80. The number of anilines is 1. The Hall–Kier alpha value is -2.57. The van der Waals surface area contributed by atoms with Gasteiger partial charge in [0.2, 0.25) is 5.91 Å². The number of urea groups is 1. The Kier molecular flexibility index (Phi) is 4.87. The Morgan fingerprint density at radius 3 is 2.58 bits per heavy atom. The molecule has 0 fully saturated rings. The normalized spacial score (nSPS) is 11.3. The van der Waals surface area contributed by atoms with Crippen LogP contribution in [0.2, 0.25) is 0 Å². The molecular weight excluding hydrogens is 250 g/mol. The molecule has 7 heteroatoms. The lowest BCUT2D eigenvalue weighted by Crippen LogP contribution is -2.44. The number of nitrogens with two attached hydrogens (primary N) is 1. The summed E-state index contributed by atoms with van der Waals surface area (Å²) in [7, 11) is 1.27. The van der Waals surface area contributed by atoms with Gasteiger partial charge >= 0.3 is 12.0 Å². The number of carbonyl (C=O) groups excluding carboxylic acids is 3. The molecule has 0 saturated heterocycles. The van der Waals surface area contributed by atoms with Crippen molar-refractivity contribution in [3.63, 3.8) is 0 Å². The molecule has 1 rings (SSSR count). The minimum absolute atomic E-state index is 0.316. The summed E-state index contributed by atoms with van der Waals surface area (Å²) >= 11 is 0. The highest BCUT2D eigenvalue weighted by atomic mass is 16.5. The van der Waals surface area contributed by atoms with Crippen molar-refractivity contribution in [2.45, 2.75) is 13.0 Å². The first-order valence-electron chi connectivity index (χ1n) is 5.49. The molecule has 7 nitrogen and oxygen atoms in total. The molecule has 0 aliphatic heterocycles. The average Bonchev–Trinajstić information content (AvgIpc) is 2.37. The van der Waals surface area contributed by atoms with Crippen molar-refractivity contribution in [3.8, 4) is 0 Å².